The van der Waals surface area contributed by atoms with Gasteiger partial charge in [0.1, 0.15) is 0 Å². The molecule has 2 aromatic rings. The molecule has 1 saturated carbocycles. The summed E-state index contributed by atoms with van der Waals surface area (Å²) in [6.45, 7) is 2.63. The third kappa shape index (κ3) is 4.36. The van der Waals surface area contributed by atoms with Gasteiger partial charge in [-0.3, -0.25) is 9.48 Å². The van der Waals surface area contributed by atoms with E-state index in [0.717, 1.165) is 12.1 Å². The lowest BCUT2D eigenvalue weighted by Crippen LogP contribution is -2.40. The van der Waals surface area contributed by atoms with Gasteiger partial charge in [-0.15, -0.1) is 0 Å². The molecular weight excluding hydrogens is 358 g/mol. The molecule has 1 aliphatic rings. The first-order valence-corrected chi connectivity index (χ1v) is 9.40. The van der Waals surface area contributed by atoms with Crippen LogP contribution in [0.4, 0.5) is 0 Å². The summed E-state index contributed by atoms with van der Waals surface area (Å²) in [6.07, 6.45) is 8.17. The van der Waals surface area contributed by atoms with Gasteiger partial charge in [-0.2, -0.15) is 5.10 Å². The van der Waals surface area contributed by atoms with Gasteiger partial charge in [0.15, 0.2) is 11.5 Å². The number of nitrogens with one attached hydrogen (secondary N) is 1. The van der Waals surface area contributed by atoms with Crippen LogP contribution in [-0.2, 0) is 6.54 Å². The number of rotatable bonds is 7. The van der Waals surface area contributed by atoms with E-state index in [9.17, 15) is 9.90 Å². The highest BCUT2D eigenvalue weighted by Crippen LogP contribution is 2.34. The van der Waals surface area contributed by atoms with E-state index < -0.39 is 6.10 Å². The van der Waals surface area contributed by atoms with Gasteiger partial charge in [-0.25, -0.2) is 0 Å². The van der Waals surface area contributed by atoms with E-state index in [0.29, 0.717) is 29.9 Å². The Morgan fingerprint density at radius 3 is 2.82 bits per heavy atom. The van der Waals surface area contributed by atoms with Gasteiger partial charge in [-0.05, 0) is 43.9 Å². The van der Waals surface area contributed by atoms with Gasteiger partial charge < -0.3 is 19.9 Å². The summed E-state index contributed by atoms with van der Waals surface area (Å²) < 4.78 is 12.7. The third-order valence-electron chi connectivity index (χ3n) is 5.06. The summed E-state index contributed by atoms with van der Waals surface area (Å²) in [4.78, 5) is 12.8. The van der Waals surface area contributed by atoms with Crippen LogP contribution in [-0.4, -0.2) is 47.2 Å². The molecule has 1 amide bonds. The first kappa shape index (κ1) is 19.9. The summed E-state index contributed by atoms with van der Waals surface area (Å²) in [7, 11) is 3.11. The molecule has 2 N–H and O–H groups in total. The van der Waals surface area contributed by atoms with Crippen LogP contribution in [0.15, 0.2) is 36.7 Å². The van der Waals surface area contributed by atoms with Crippen LogP contribution in [0, 0.1) is 5.92 Å². The zero-order valence-corrected chi connectivity index (χ0v) is 16.5. The molecule has 7 heteroatoms. The molecule has 0 bridgehead atoms. The Hall–Kier alpha value is -2.80. The molecule has 1 aromatic carbocycles. The van der Waals surface area contributed by atoms with Crippen molar-refractivity contribution >= 4 is 12.0 Å². The Kier molecular flexibility index (Phi) is 6.36. The van der Waals surface area contributed by atoms with Crippen molar-refractivity contribution in [2.45, 2.75) is 38.5 Å². The van der Waals surface area contributed by atoms with Crippen LogP contribution in [0.5, 0.6) is 11.5 Å². The minimum atomic E-state index is -0.570. The summed E-state index contributed by atoms with van der Waals surface area (Å²) in [5.41, 5.74) is 1.23. The van der Waals surface area contributed by atoms with Gasteiger partial charge in [0.2, 0.25) is 0 Å². The number of aliphatic hydroxyl groups excluding tert-OH is 1. The number of methoxy groups -OCH3 is 2. The van der Waals surface area contributed by atoms with Crippen molar-refractivity contribution in [2.24, 2.45) is 5.92 Å². The number of carbonyl (C=O) groups is 1. The topological polar surface area (TPSA) is 85.6 Å². The lowest BCUT2D eigenvalue weighted by molar-refractivity contribution is 0.0872. The first-order chi connectivity index (χ1) is 13.5. The Morgan fingerprint density at radius 2 is 2.18 bits per heavy atom. The van der Waals surface area contributed by atoms with Crippen molar-refractivity contribution in [2.75, 3.05) is 14.2 Å². The average Bonchev–Trinajstić information content (AvgIpc) is 3.31. The minimum absolute atomic E-state index is 0.240. The number of nitrogens with zero attached hydrogens (tertiary/aromatic N) is 2. The van der Waals surface area contributed by atoms with E-state index >= 15 is 0 Å². The van der Waals surface area contributed by atoms with Gasteiger partial charge in [0.25, 0.3) is 5.91 Å². The number of benzene rings is 1. The zero-order chi connectivity index (χ0) is 20.1. The number of hydrogen-bond acceptors (Lipinski definition) is 5. The van der Waals surface area contributed by atoms with Crippen LogP contribution in [0.1, 0.15) is 35.7 Å². The highest BCUT2D eigenvalue weighted by atomic mass is 16.5. The molecule has 7 nitrogen and oxygen atoms in total. The Labute approximate surface area is 165 Å². The van der Waals surface area contributed by atoms with E-state index in [4.69, 9.17) is 9.47 Å². The molecule has 3 atom stereocenters. The molecule has 0 saturated heterocycles. The minimum Gasteiger partial charge on any atom is -0.493 e. The summed E-state index contributed by atoms with van der Waals surface area (Å²) in [5, 5.41) is 17.6. The number of amides is 1. The summed E-state index contributed by atoms with van der Waals surface area (Å²) in [5.74, 6) is 1.10. The summed E-state index contributed by atoms with van der Waals surface area (Å²) in [6, 6.07) is 5.01. The SMILES string of the molecule is C/C=C/c1cc(C(=O)N[C@@H]2CC(Cn3cccn3)C[C@H]2O)cc(OC)c1OC. The monoisotopic (exact) mass is 385 g/mol. The van der Waals surface area contributed by atoms with Crippen molar-refractivity contribution in [1.29, 1.82) is 0 Å². The van der Waals surface area contributed by atoms with Gasteiger partial charge in [0, 0.05) is 30.1 Å². The predicted molar refractivity (Wildman–Crippen MR) is 106 cm³/mol. The molecule has 1 aromatic heterocycles. The third-order valence-corrected chi connectivity index (χ3v) is 5.06. The Morgan fingerprint density at radius 1 is 1.36 bits per heavy atom. The van der Waals surface area contributed by atoms with E-state index in [1.807, 2.05) is 36.0 Å². The molecule has 0 radical (unpaired) electrons. The van der Waals surface area contributed by atoms with Gasteiger partial charge in [0.05, 0.1) is 26.4 Å². The first-order valence-electron chi connectivity index (χ1n) is 9.40. The number of aliphatic hydroxyl groups is 1. The normalized spacial score (nSPS) is 21.8. The second kappa shape index (κ2) is 8.93. The van der Waals surface area contributed by atoms with Crippen LogP contribution < -0.4 is 14.8 Å². The summed E-state index contributed by atoms with van der Waals surface area (Å²) >= 11 is 0. The second-order valence-electron chi connectivity index (χ2n) is 7.01. The number of carbonyl (C=O) groups excluding carboxylic acids is 1. The van der Waals surface area contributed by atoms with Crippen molar-refractivity contribution < 1.29 is 19.4 Å². The van der Waals surface area contributed by atoms with Crippen molar-refractivity contribution in [1.82, 2.24) is 15.1 Å². The lowest BCUT2D eigenvalue weighted by atomic mass is 10.1. The number of aromatic nitrogens is 2. The number of hydrogen-bond donors (Lipinski definition) is 2. The molecular formula is C21H27N3O4. The van der Waals surface area contributed by atoms with E-state index in [2.05, 4.69) is 10.4 Å². The largest absolute Gasteiger partial charge is 0.493 e. The highest BCUT2D eigenvalue weighted by Gasteiger charge is 2.34. The standard InChI is InChI=1S/C21H27N3O4/c1-4-6-15-11-16(12-19(27-2)20(15)28-3)21(26)23-17-9-14(10-18(17)25)13-24-8-5-7-22-24/h4-8,11-12,14,17-18,25H,9-10,13H2,1-3H3,(H,23,26)/b6-4+/t14?,17-,18-/m1/s1. The van der Waals surface area contributed by atoms with E-state index in [-0.39, 0.29) is 17.9 Å². The molecule has 28 heavy (non-hydrogen) atoms. The smallest absolute Gasteiger partial charge is 0.251 e. The van der Waals surface area contributed by atoms with E-state index in [1.165, 1.54) is 0 Å². The van der Waals surface area contributed by atoms with Crippen molar-refractivity contribution in [3.63, 3.8) is 0 Å². The van der Waals surface area contributed by atoms with Crippen molar-refractivity contribution in [3.8, 4) is 11.5 Å². The van der Waals surface area contributed by atoms with Crippen LogP contribution >= 0.6 is 0 Å². The van der Waals surface area contributed by atoms with Gasteiger partial charge >= 0.3 is 0 Å². The Bertz CT molecular complexity index is 832. The second-order valence-corrected chi connectivity index (χ2v) is 7.01. The average molecular weight is 385 g/mol. The lowest BCUT2D eigenvalue weighted by Gasteiger charge is -2.18. The maximum absolute atomic E-state index is 12.8. The fraction of sp³-hybridized carbons (Fsp3) is 0.429. The quantitative estimate of drug-likeness (QED) is 0.765. The van der Waals surface area contributed by atoms with Crippen LogP contribution in [0.2, 0.25) is 0 Å². The maximum atomic E-state index is 12.8. The molecule has 0 spiro atoms. The molecule has 150 valence electrons. The molecule has 1 aliphatic carbocycles. The number of ether oxygens (including phenoxy) is 2. The fourth-order valence-electron chi connectivity index (χ4n) is 3.78. The Balaban J connectivity index is 1.72. The van der Waals surface area contributed by atoms with Gasteiger partial charge in [-0.1, -0.05) is 12.2 Å². The van der Waals surface area contributed by atoms with Crippen LogP contribution in [0.25, 0.3) is 6.08 Å². The predicted octanol–water partition coefficient (Wildman–Crippen LogP) is 2.50. The fourth-order valence-corrected chi connectivity index (χ4v) is 3.78. The zero-order valence-electron chi connectivity index (χ0n) is 16.5. The molecule has 0 aliphatic heterocycles. The highest BCUT2D eigenvalue weighted by molar-refractivity contribution is 5.96. The van der Waals surface area contributed by atoms with Crippen LogP contribution in [0.3, 0.4) is 0 Å². The van der Waals surface area contributed by atoms with E-state index in [1.54, 1.807) is 32.5 Å². The molecule has 3 rings (SSSR count). The number of allylic oxidation sites excluding steroid dienone is 1. The molecule has 1 unspecified atom stereocenters. The molecule has 1 fully saturated rings. The van der Waals surface area contributed by atoms with Crippen molar-refractivity contribution in [3.05, 3.63) is 47.8 Å². The maximum Gasteiger partial charge on any atom is 0.251 e. The molecule has 1 heterocycles.